The maximum Gasteiger partial charge on any atom is 0.180 e. The van der Waals surface area contributed by atoms with E-state index in [1.165, 1.54) is 12.1 Å². The van der Waals surface area contributed by atoms with Crippen molar-refractivity contribution in [3.63, 3.8) is 0 Å². The van der Waals surface area contributed by atoms with Crippen LogP contribution < -0.4 is 14.8 Å². The van der Waals surface area contributed by atoms with Gasteiger partial charge in [0.25, 0.3) is 0 Å². The van der Waals surface area contributed by atoms with Crippen LogP contribution >= 0.6 is 23.2 Å². The lowest BCUT2D eigenvalue weighted by Gasteiger charge is -2.33. The molecule has 0 aliphatic rings. The van der Waals surface area contributed by atoms with Crippen LogP contribution in [0.4, 0.5) is 4.39 Å². The third-order valence-corrected chi connectivity index (χ3v) is 5.05. The molecule has 6 heteroatoms. The van der Waals surface area contributed by atoms with E-state index in [0.29, 0.717) is 33.7 Å². The van der Waals surface area contributed by atoms with Gasteiger partial charge in [0.2, 0.25) is 0 Å². The van der Waals surface area contributed by atoms with Gasteiger partial charge in [-0.05, 0) is 55.5 Å². The van der Waals surface area contributed by atoms with Crippen molar-refractivity contribution in [2.45, 2.75) is 59.7 Å². The molecule has 0 atom stereocenters. The van der Waals surface area contributed by atoms with Gasteiger partial charge in [0.05, 0.1) is 17.2 Å². The summed E-state index contributed by atoms with van der Waals surface area (Å²) in [6.45, 7) is 11.9. The van der Waals surface area contributed by atoms with Crippen LogP contribution in [0, 0.1) is 11.2 Å². The highest BCUT2D eigenvalue weighted by Gasteiger charge is 2.25. The van der Waals surface area contributed by atoms with Crippen LogP contribution in [0.15, 0.2) is 30.3 Å². The normalized spacial score (nSPS) is 12.2. The molecule has 2 aromatic carbocycles. The molecular weight excluding hydrogens is 412 g/mol. The summed E-state index contributed by atoms with van der Waals surface area (Å²) in [6.07, 6.45) is 1.03. The van der Waals surface area contributed by atoms with Crippen molar-refractivity contribution in [3.8, 4) is 11.5 Å². The first kappa shape index (κ1) is 23.8. The topological polar surface area (TPSA) is 30.5 Å². The number of hydrogen-bond donors (Lipinski definition) is 1. The van der Waals surface area contributed by atoms with E-state index in [1.807, 2.05) is 12.1 Å². The van der Waals surface area contributed by atoms with Gasteiger partial charge in [0.1, 0.15) is 12.4 Å². The molecule has 0 aliphatic carbocycles. The van der Waals surface area contributed by atoms with E-state index < -0.39 is 0 Å². The summed E-state index contributed by atoms with van der Waals surface area (Å²) in [7, 11) is 1.57. The summed E-state index contributed by atoms with van der Waals surface area (Å²) in [5.74, 6) is 0.592. The van der Waals surface area contributed by atoms with Gasteiger partial charge in [-0.3, -0.25) is 0 Å². The average Bonchev–Trinajstić information content (AvgIpc) is 2.58. The van der Waals surface area contributed by atoms with Crippen LogP contribution in [0.5, 0.6) is 11.5 Å². The zero-order chi connectivity index (χ0) is 21.8. The van der Waals surface area contributed by atoms with Crippen molar-refractivity contribution in [1.29, 1.82) is 0 Å². The van der Waals surface area contributed by atoms with Crippen LogP contribution in [-0.2, 0) is 13.2 Å². The monoisotopic (exact) mass is 441 g/mol. The molecule has 3 nitrogen and oxygen atoms in total. The van der Waals surface area contributed by atoms with Crippen molar-refractivity contribution in [2.75, 3.05) is 7.11 Å². The highest BCUT2D eigenvalue weighted by Crippen LogP contribution is 2.37. The predicted octanol–water partition coefficient (Wildman–Crippen LogP) is 7.02. The van der Waals surface area contributed by atoms with Crippen LogP contribution in [-0.4, -0.2) is 12.6 Å². The predicted molar refractivity (Wildman–Crippen MR) is 119 cm³/mol. The molecular formula is C23H30Cl2FNO2. The molecule has 0 fully saturated rings. The Morgan fingerprint density at radius 3 is 2.28 bits per heavy atom. The van der Waals surface area contributed by atoms with E-state index in [9.17, 15) is 4.39 Å². The molecule has 160 valence electrons. The molecule has 0 amide bonds. The van der Waals surface area contributed by atoms with Crippen LogP contribution in [0.3, 0.4) is 0 Å². The van der Waals surface area contributed by atoms with E-state index in [-0.39, 0.29) is 23.4 Å². The summed E-state index contributed by atoms with van der Waals surface area (Å²) >= 11 is 12.5. The highest BCUT2D eigenvalue weighted by atomic mass is 35.5. The number of benzene rings is 2. The maximum absolute atomic E-state index is 13.2. The molecule has 2 rings (SSSR count). The molecule has 0 unspecified atom stereocenters. The Balaban J connectivity index is 2.12. The number of halogens is 3. The summed E-state index contributed by atoms with van der Waals surface area (Å²) in [5, 5.41) is 4.35. The SMILES string of the molecule is COc1cc(CNC(C)(C)CC(C)(C)C)cc(Cl)c1OCc1ccc(F)cc1Cl. The lowest BCUT2D eigenvalue weighted by Crippen LogP contribution is -2.41. The van der Waals surface area contributed by atoms with Gasteiger partial charge in [-0.25, -0.2) is 4.39 Å². The molecule has 0 aliphatic heterocycles. The largest absolute Gasteiger partial charge is 0.493 e. The first-order valence-electron chi connectivity index (χ1n) is 9.58. The standard InChI is InChI=1S/C23H30Cl2FNO2/c1-22(2,3)14-23(4,5)27-12-15-9-19(25)21(20(10-15)28-6)29-13-16-7-8-17(26)11-18(16)24/h7-11,27H,12-14H2,1-6H3. The summed E-state index contributed by atoms with van der Waals surface area (Å²) in [5.41, 5.74) is 1.87. The number of methoxy groups -OCH3 is 1. The Morgan fingerprint density at radius 1 is 1.00 bits per heavy atom. The van der Waals surface area contributed by atoms with Gasteiger partial charge >= 0.3 is 0 Å². The molecule has 0 radical (unpaired) electrons. The third-order valence-electron chi connectivity index (χ3n) is 4.42. The van der Waals surface area contributed by atoms with Gasteiger partial charge in [-0.2, -0.15) is 0 Å². The van der Waals surface area contributed by atoms with E-state index in [1.54, 1.807) is 13.2 Å². The maximum atomic E-state index is 13.2. The molecule has 29 heavy (non-hydrogen) atoms. The zero-order valence-electron chi connectivity index (χ0n) is 18.0. The van der Waals surface area contributed by atoms with Crippen LogP contribution in [0.2, 0.25) is 10.0 Å². The average molecular weight is 442 g/mol. The van der Waals surface area contributed by atoms with E-state index in [2.05, 4.69) is 39.9 Å². The van der Waals surface area contributed by atoms with Crippen molar-refractivity contribution < 1.29 is 13.9 Å². The number of nitrogens with one attached hydrogen (secondary N) is 1. The van der Waals surface area contributed by atoms with Gasteiger partial charge in [0, 0.05) is 17.6 Å². The first-order valence-corrected chi connectivity index (χ1v) is 10.3. The first-order chi connectivity index (χ1) is 13.4. The smallest absolute Gasteiger partial charge is 0.180 e. The fourth-order valence-corrected chi connectivity index (χ4v) is 4.04. The summed E-state index contributed by atoms with van der Waals surface area (Å²) in [6, 6.07) is 7.97. The van der Waals surface area contributed by atoms with E-state index in [0.717, 1.165) is 12.0 Å². The van der Waals surface area contributed by atoms with Crippen molar-refractivity contribution >= 4 is 23.2 Å². The molecule has 1 N–H and O–H groups in total. The second-order valence-electron chi connectivity index (χ2n) is 9.11. The molecule has 0 aromatic heterocycles. The fraction of sp³-hybridized carbons (Fsp3) is 0.478. The Kier molecular flexibility index (Phi) is 7.83. The second-order valence-corrected chi connectivity index (χ2v) is 9.92. The molecule has 0 bridgehead atoms. The number of ether oxygens (including phenoxy) is 2. The van der Waals surface area contributed by atoms with Crippen molar-refractivity contribution in [2.24, 2.45) is 5.41 Å². The van der Waals surface area contributed by atoms with Gasteiger partial charge in [-0.15, -0.1) is 0 Å². The van der Waals surface area contributed by atoms with Crippen LogP contribution in [0.1, 0.15) is 52.2 Å². The minimum Gasteiger partial charge on any atom is -0.493 e. The van der Waals surface area contributed by atoms with Crippen molar-refractivity contribution in [1.82, 2.24) is 5.32 Å². The Hall–Kier alpha value is -1.49. The molecule has 0 saturated heterocycles. The minimum atomic E-state index is -0.388. The Labute approximate surface area is 183 Å². The minimum absolute atomic E-state index is 0.0214. The molecule has 0 saturated carbocycles. The summed E-state index contributed by atoms with van der Waals surface area (Å²) in [4.78, 5) is 0. The molecule has 0 spiro atoms. The van der Waals surface area contributed by atoms with Gasteiger partial charge in [-0.1, -0.05) is 50.0 Å². The van der Waals surface area contributed by atoms with Gasteiger partial charge in [0.15, 0.2) is 11.5 Å². The Bertz CT molecular complexity index is 848. The molecule has 2 aromatic rings. The number of rotatable bonds is 8. The third kappa shape index (κ3) is 7.36. The highest BCUT2D eigenvalue weighted by molar-refractivity contribution is 6.32. The Morgan fingerprint density at radius 2 is 1.69 bits per heavy atom. The van der Waals surface area contributed by atoms with Gasteiger partial charge < -0.3 is 14.8 Å². The zero-order valence-corrected chi connectivity index (χ0v) is 19.5. The quantitative estimate of drug-likeness (QED) is 0.476. The lowest BCUT2D eigenvalue weighted by atomic mass is 9.82. The summed E-state index contributed by atoms with van der Waals surface area (Å²) < 4.78 is 24.5. The van der Waals surface area contributed by atoms with E-state index >= 15 is 0 Å². The fourth-order valence-electron chi connectivity index (χ4n) is 3.53. The van der Waals surface area contributed by atoms with Crippen LogP contribution in [0.25, 0.3) is 0 Å². The number of hydrogen-bond acceptors (Lipinski definition) is 3. The lowest BCUT2D eigenvalue weighted by molar-refractivity contribution is 0.240. The van der Waals surface area contributed by atoms with E-state index in [4.69, 9.17) is 32.7 Å². The van der Waals surface area contributed by atoms with Crippen molar-refractivity contribution in [3.05, 3.63) is 57.3 Å². The second kappa shape index (κ2) is 9.55. The molecule has 0 heterocycles.